The van der Waals surface area contributed by atoms with Crippen LogP contribution >= 0.6 is 11.8 Å². The molecule has 0 aliphatic rings. The molecule has 2 aromatic carbocycles. The van der Waals surface area contributed by atoms with Crippen molar-refractivity contribution in [2.75, 3.05) is 11.1 Å². The van der Waals surface area contributed by atoms with Crippen molar-refractivity contribution in [2.24, 2.45) is 0 Å². The number of anilines is 1. The van der Waals surface area contributed by atoms with Gasteiger partial charge < -0.3 is 5.32 Å². The molecule has 0 saturated heterocycles. The quantitative estimate of drug-likeness (QED) is 0.684. The van der Waals surface area contributed by atoms with E-state index in [2.05, 4.69) is 35.4 Å². The van der Waals surface area contributed by atoms with Gasteiger partial charge in [-0.3, -0.25) is 0 Å². The van der Waals surface area contributed by atoms with Gasteiger partial charge in [0.1, 0.15) is 16.7 Å². The summed E-state index contributed by atoms with van der Waals surface area (Å²) in [5.74, 6) is 0.887. The second-order valence-corrected chi connectivity index (χ2v) is 6.32. The van der Waals surface area contributed by atoms with Crippen LogP contribution in [-0.2, 0) is 6.54 Å². The van der Waals surface area contributed by atoms with Gasteiger partial charge in [-0.2, -0.15) is 5.26 Å². The van der Waals surface area contributed by atoms with E-state index in [1.807, 2.05) is 42.5 Å². The lowest BCUT2D eigenvalue weighted by Gasteiger charge is -2.14. The van der Waals surface area contributed by atoms with Crippen LogP contribution in [-0.4, -0.2) is 10.7 Å². The van der Waals surface area contributed by atoms with Crippen molar-refractivity contribution in [1.82, 2.24) is 4.98 Å². The molecule has 0 amide bonds. The molecule has 0 fully saturated rings. The molecule has 0 radical (unpaired) electrons. The minimum absolute atomic E-state index is 0.631. The van der Waals surface area contributed by atoms with Gasteiger partial charge >= 0.3 is 0 Å². The Balaban J connectivity index is 2.07. The summed E-state index contributed by atoms with van der Waals surface area (Å²) in [6, 6.07) is 20.5. The predicted molar refractivity (Wildman–Crippen MR) is 96.6 cm³/mol. The molecule has 0 aliphatic heterocycles. The Morgan fingerprint density at radius 3 is 2.57 bits per heavy atom. The molecular weight excluding hydrogens is 302 g/mol. The Morgan fingerprint density at radius 1 is 1.09 bits per heavy atom. The maximum atomic E-state index is 9.64. The SMILES string of the molecule is CCSc1nc2ccccc2c(NCc2ccccc2)c1C#N. The molecule has 1 aromatic heterocycles. The Kier molecular flexibility index (Phi) is 4.80. The van der Waals surface area contributed by atoms with E-state index in [0.29, 0.717) is 12.1 Å². The third-order valence-corrected chi connectivity index (χ3v) is 4.42. The Bertz CT molecular complexity index is 854. The van der Waals surface area contributed by atoms with Crippen molar-refractivity contribution in [3.05, 3.63) is 65.7 Å². The number of thioether (sulfide) groups is 1. The first-order chi connectivity index (χ1) is 11.3. The van der Waals surface area contributed by atoms with E-state index >= 15 is 0 Å². The highest BCUT2D eigenvalue weighted by atomic mass is 32.2. The summed E-state index contributed by atoms with van der Waals surface area (Å²) in [7, 11) is 0. The smallest absolute Gasteiger partial charge is 0.117 e. The predicted octanol–water partition coefficient (Wildman–Crippen LogP) is 4.83. The first-order valence-electron chi connectivity index (χ1n) is 7.57. The average Bonchev–Trinajstić information content (AvgIpc) is 2.60. The van der Waals surface area contributed by atoms with Crippen LogP contribution in [0.15, 0.2) is 59.6 Å². The zero-order chi connectivity index (χ0) is 16.1. The number of aromatic nitrogens is 1. The van der Waals surface area contributed by atoms with Crippen molar-refractivity contribution >= 4 is 28.4 Å². The van der Waals surface area contributed by atoms with E-state index in [4.69, 9.17) is 0 Å². The van der Waals surface area contributed by atoms with Gasteiger partial charge in [-0.05, 0) is 17.4 Å². The number of hydrogen-bond acceptors (Lipinski definition) is 4. The van der Waals surface area contributed by atoms with Crippen LogP contribution in [0, 0.1) is 11.3 Å². The molecule has 114 valence electrons. The fourth-order valence-electron chi connectivity index (χ4n) is 2.50. The molecule has 3 nitrogen and oxygen atoms in total. The number of pyridine rings is 1. The van der Waals surface area contributed by atoms with Gasteiger partial charge in [0, 0.05) is 11.9 Å². The standard InChI is InChI=1S/C19H17N3S/c1-2-23-19-16(12-20)18(15-10-6-7-11-17(15)22-19)21-13-14-8-4-3-5-9-14/h3-11H,2,13H2,1H3,(H,21,22). The molecule has 0 bridgehead atoms. The van der Waals surface area contributed by atoms with Crippen molar-refractivity contribution in [2.45, 2.75) is 18.5 Å². The summed E-state index contributed by atoms with van der Waals surface area (Å²) >= 11 is 1.60. The molecular formula is C19H17N3S. The maximum absolute atomic E-state index is 9.64. The van der Waals surface area contributed by atoms with Crippen molar-refractivity contribution < 1.29 is 0 Å². The molecule has 0 spiro atoms. The zero-order valence-electron chi connectivity index (χ0n) is 12.9. The van der Waals surface area contributed by atoms with E-state index in [9.17, 15) is 5.26 Å². The van der Waals surface area contributed by atoms with E-state index in [0.717, 1.165) is 27.4 Å². The number of rotatable bonds is 5. The molecule has 0 unspecified atom stereocenters. The second kappa shape index (κ2) is 7.17. The zero-order valence-corrected chi connectivity index (χ0v) is 13.7. The molecule has 3 rings (SSSR count). The number of nitrogens with zero attached hydrogens (tertiary/aromatic N) is 2. The minimum atomic E-state index is 0.631. The fourth-order valence-corrected chi connectivity index (χ4v) is 3.23. The third-order valence-electron chi connectivity index (χ3n) is 3.56. The van der Waals surface area contributed by atoms with Crippen molar-refractivity contribution in [3.63, 3.8) is 0 Å². The lowest BCUT2D eigenvalue weighted by Crippen LogP contribution is -2.04. The van der Waals surface area contributed by atoms with Gasteiger partial charge in [-0.25, -0.2) is 4.98 Å². The average molecular weight is 319 g/mol. The first kappa shape index (κ1) is 15.4. The lowest BCUT2D eigenvalue weighted by molar-refractivity contribution is 1.11. The van der Waals surface area contributed by atoms with Crippen molar-refractivity contribution in [3.8, 4) is 6.07 Å². The van der Waals surface area contributed by atoms with E-state index in [1.54, 1.807) is 11.8 Å². The number of nitrogens with one attached hydrogen (secondary N) is 1. The summed E-state index contributed by atoms with van der Waals surface area (Å²) in [6.45, 7) is 2.75. The van der Waals surface area contributed by atoms with E-state index in [1.165, 1.54) is 5.56 Å². The number of para-hydroxylation sites is 1. The molecule has 1 N–H and O–H groups in total. The summed E-state index contributed by atoms with van der Waals surface area (Å²) in [4.78, 5) is 4.65. The summed E-state index contributed by atoms with van der Waals surface area (Å²) in [5, 5.41) is 14.9. The van der Waals surface area contributed by atoms with Crippen LogP contribution < -0.4 is 5.32 Å². The molecule has 0 saturated carbocycles. The number of benzene rings is 2. The number of fused-ring (bicyclic) bond motifs is 1. The van der Waals surface area contributed by atoms with Crippen LogP contribution in [0.2, 0.25) is 0 Å². The van der Waals surface area contributed by atoms with Gasteiger partial charge in [-0.15, -0.1) is 11.8 Å². The topological polar surface area (TPSA) is 48.7 Å². The number of hydrogen-bond donors (Lipinski definition) is 1. The Morgan fingerprint density at radius 2 is 1.83 bits per heavy atom. The second-order valence-electron chi connectivity index (χ2n) is 5.07. The lowest BCUT2D eigenvalue weighted by atomic mass is 10.1. The van der Waals surface area contributed by atoms with Crippen LogP contribution in [0.25, 0.3) is 10.9 Å². The van der Waals surface area contributed by atoms with Crippen LogP contribution in [0.1, 0.15) is 18.1 Å². The van der Waals surface area contributed by atoms with Crippen LogP contribution in [0.3, 0.4) is 0 Å². The highest BCUT2D eigenvalue weighted by molar-refractivity contribution is 7.99. The normalized spacial score (nSPS) is 10.4. The number of nitriles is 1. The fraction of sp³-hybridized carbons (Fsp3) is 0.158. The molecule has 1 heterocycles. The molecule has 3 aromatic rings. The minimum Gasteiger partial charge on any atom is -0.379 e. The maximum Gasteiger partial charge on any atom is 0.117 e. The first-order valence-corrected chi connectivity index (χ1v) is 8.55. The molecule has 4 heteroatoms. The van der Waals surface area contributed by atoms with Gasteiger partial charge in [0.05, 0.1) is 11.2 Å². The van der Waals surface area contributed by atoms with Gasteiger partial charge in [0.15, 0.2) is 0 Å². The van der Waals surface area contributed by atoms with Gasteiger partial charge in [-0.1, -0.05) is 55.5 Å². The third kappa shape index (κ3) is 3.30. The van der Waals surface area contributed by atoms with Crippen LogP contribution in [0.4, 0.5) is 5.69 Å². The monoisotopic (exact) mass is 319 g/mol. The van der Waals surface area contributed by atoms with Crippen molar-refractivity contribution in [1.29, 1.82) is 5.26 Å². The van der Waals surface area contributed by atoms with Crippen LogP contribution in [0.5, 0.6) is 0 Å². The summed E-state index contributed by atoms with van der Waals surface area (Å²) in [6.07, 6.45) is 0. The summed E-state index contributed by atoms with van der Waals surface area (Å²) < 4.78 is 0. The van der Waals surface area contributed by atoms with Gasteiger partial charge in [0.2, 0.25) is 0 Å². The molecule has 23 heavy (non-hydrogen) atoms. The van der Waals surface area contributed by atoms with E-state index in [-0.39, 0.29) is 0 Å². The highest BCUT2D eigenvalue weighted by Crippen LogP contribution is 2.33. The largest absolute Gasteiger partial charge is 0.379 e. The van der Waals surface area contributed by atoms with E-state index < -0.39 is 0 Å². The van der Waals surface area contributed by atoms with Gasteiger partial charge in [0.25, 0.3) is 0 Å². The molecule has 0 atom stereocenters. The highest BCUT2D eigenvalue weighted by Gasteiger charge is 2.14. The Labute approximate surface area is 140 Å². The summed E-state index contributed by atoms with van der Waals surface area (Å²) in [5.41, 5.74) is 3.60. The molecule has 0 aliphatic carbocycles. The Hall–Kier alpha value is -2.51.